The number of amides is 1. The van der Waals surface area contributed by atoms with Crippen molar-refractivity contribution in [1.82, 2.24) is 14.6 Å². The lowest BCUT2D eigenvalue weighted by Gasteiger charge is -2.40. The van der Waals surface area contributed by atoms with Crippen molar-refractivity contribution in [1.29, 1.82) is 0 Å². The summed E-state index contributed by atoms with van der Waals surface area (Å²) in [7, 11) is 1.19. The van der Waals surface area contributed by atoms with E-state index in [1.807, 2.05) is 0 Å². The number of carbonyl (C=O) groups is 3. The summed E-state index contributed by atoms with van der Waals surface area (Å²) < 4.78 is 12.5. The summed E-state index contributed by atoms with van der Waals surface area (Å²) in [6.07, 6.45) is -0.281. The van der Waals surface area contributed by atoms with Gasteiger partial charge in [-0.3, -0.25) is 23.9 Å². The quantitative estimate of drug-likeness (QED) is 0.474. The minimum Gasteiger partial charge on any atom is -0.467 e. The molecule has 3 atom stereocenters. The number of esters is 2. The number of benzene rings is 2. The molecule has 3 heterocycles. The van der Waals surface area contributed by atoms with Crippen LogP contribution in [0.5, 0.6) is 0 Å². The summed E-state index contributed by atoms with van der Waals surface area (Å²) in [5.74, 6) is -2.37. The molecule has 39 heavy (non-hydrogen) atoms. The van der Waals surface area contributed by atoms with E-state index in [9.17, 15) is 24.4 Å². The summed E-state index contributed by atoms with van der Waals surface area (Å²) >= 11 is 0. The van der Waals surface area contributed by atoms with Crippen LogP contribution in [0.4, 0.5) is 5.69 Å². The van der Waals surface area contributed by atoms with Crippen molar-refractivity contribution in [2.24, 2.45) is 5.92 Å². The number of anilines is 1. The Balaban J connectivity index is 1.76. The fraction of sp³-hybridized carbons (Fsp3) is 0.393. The minimum atomic E-state index is -1.75. The van der Waals surface area contributed by atoms with E-state index in [0.717, 1.165) is 9.63 Å². The Morgan fingerprint density at radius 1 is 1.05 bits per heavy atom. The van der Waals surface area contributed by atoms with Crippen LogP contribution in [0.1, 0.15) is 45.7 Å². The summed E-state index contributed by atoms with van der Waals surface area (Å²) in [6.45, 7) is 6.43. The van der Waals surface area contributed by atoms with Crippen molar-refractivity contribution >= 4 is 34.4 Å². The topological polar surface area (TPSA) is 131 Å². The number of hydroxylamine groups is 2. The highest BCUT2D eigenvalue weighted by molar-refractivity contribution is 6.05. The zero-order valence-corrected chi connectivity index (χ0v) is 22.3. The number of aromatic nitrogens is 2. The molecular weight excluding hydrogens is 504 g/mol. The molecule has 5 rings (SSSR count). The van der Waals surface area contributed by atoms with E-state index in [4.69, 9.17) is 9.47 Å². The first-order valence-electron chi connectivity index (χ1n) is 12.6. The number of nitrogens with zero attached hydrogens (tertiary/aromatic N) is 4. The van der Waals surface area contributed by atoms with Gasteiger partial charge in [0.25, 0.3) is 11.5 Å². The van der Waals surface area contributed by atoms with Gasteiger partial charge in [-0.15, -0.1) is 5.06 Å². The van der Waals surface area contributed by atoms with Crippen LogP contribution >= 0.6 is 0 Å². The van der Waals surface area contributed by atoms with Crippen LogP contribution in [0.2, 0.25) is 0 Å². The molecule has 1 fully saturated rings. The van der Waals surface area contributed by atoms with Gasteiger partial charge in [-0.2, -0.15) is 0 Å². The van der Waals surface area contributed by atoms with Crippen molar-refractivity contribution in [2.75, 3.05) is 12.0 Å². The molecule has 0 aliphatic carbocycles. The van der Waals surface area contributed by atoms with E-state index >= 15 is 0 Å². The Morgan fingerprint density at radius 3 is 2.41 bits per heavy atom. The molecule has 3 aromatic rings. The lowest BCUT2D eigenvalue weighted by atomic mass is 9.85. The van der Waals surface area contributed by atoms with E-state index in [-0.39, 0.29) is 11.8 Å². The molecule has 11 nitrogen and oxygen atoms in total. The van der Waals surface area contributed by atoms with Gasteiger partial charge in [0.2, 0.25) is 0 Å². The third kappa shape index (κ3) is 3.83. The van der Waals surface area contributed by atoms with Crippen molar-refractivity contribution in [3.63, 3.8) is 0 Å². The second kappa shape index (κ2) is 9.28. The maximum atomic E-state index is 13.6. The summed E-state index contributed by atoms with van der Waals surface area (Å²) in [4.78, 5) is 59.4. The highest BCUT2D eigenvalue weighted by atomic mass is 16.6. The maximum absolute atomic E-state index is 13.6. The molecule has 2 aliphatic rings. The van der Waals surface area contributed by atoms with E-state index in [0.29, 0.717) is 16.8 Å². The van der Waals surface area contributed by atoms with Gasteiger partial charge in [-0.05, 0) is 32.0 Å². The Bertz CT molecular complexity index is 1550. The molecule has 0 spiro atoms. The summed E-state index contributed by atoms with van der Waals surface area (Å²) in [5.41, 5.74) is -2.31. The second-order valence-corrected chi connectivity index (χ2v) is 10.7. The molecule has 0 radical (unpaired) electrons. The van der Waals surface area contributed by atoms with Gasteiger partial charge in [-0.25, -0.2) is 9.78 Å². The van der Waals surface area contributed by atoms with Crippen molar-refractivity contribution in [3.05, 3.63) is 70.8 Å². The van der Waals surface area contributed by atoms with E-state index in [1.165, 1.54) is 18.3 Å². The molecule has 204 valence electrons. The average Bonchev–Trinajstić information content (AvgIpc) is 3.29. The molecule has 2 aliphatic heterocycles. The highest BCUT2D eigenvalue weighted by Crippen LogP contribution is 2.55. The fourth-order valence-corrected chi connectivity index (χ4v) is 5.43. The number of hydrogen-bond acceptors (Lipinski definition) is 9. The van der Waals surface area contributed by atoms with Crippen LogP contribution in [0.3, 0.4) is 0 Å². The molecule has 1 amide bonds. The van der Waals surface area contributed by atoms with Crippen LogP contribution in [0.25, 0.3) is 10.9 Å². The number of para-hydroxylation sites is 2. The molecule has 2 aromatic carbocycles. The van der Waals surface area contributed by atoms with Crippen LogP contribution in [0, 0.1) is 5.92 Å². The first kappa shape index (κ1) is 26.5. The molecule has 11 heteroatoms. The number of methoxy groups -OCH3 is 1. The lowest BCUT2D eigenvalue weighted by molar-refractivity contribution is -0.223. The predicted octanol–water partition coefficient (Wildman–Crippen LogP) is 2.75. The number of rotatable bonds is 6. The molecule has 1 aromatic heterocycles. The normalized spacial score (nSPS) is 22.6. The average molecular weight is 535 g/mol. The molecular formula is C28H30N4O7. The Hall–Kier alpha value is -4.09. The van der Waals surface area contributed by atoms with Gasteiger partial charge in [0.05, 0.1) is 35.9 Å². The number of hydrogen-bond donors (Lipinski definition) is 1. The zero-order valence-electron chi connectivity index (χ0n) is 22.3. The number of carbonyl (C=O) groups excluding carboxylic acids is 3. The first-order valence-corrected chi connectivity index (χ1v) is 12.6. The first-order chi connectivity index (χ1) is 18.5. The van der Waals surface area contributed by atoms with Crippen LogP contribution < -0.4 is 10.5 Å². The minimum absolute atomic E-state index is 0.288. The Kier molecular flexibility index (Phi) is 6.31. The monoisotopic (exact) mass is 534 g/mol. The third-order valence-electron chi connectivity index (χ3n) is 7.58. The fourth-order valence-electron chi connectivity index (χ4n) is 5.43. The van der Waals surface area contributed by atoms with Crippen molar-refractivity contribution < 1.29 is 29.1 Å². The zero-order chi connectivity index (χ0) is 28.3. The van der Waals surface area contributed by atoms with Crippen LogP contribution in [-0.4, -0.2) is 56.5 Å². The number of ether oxygens (including phenoxy) is 2. The van der Waals surface area contributed by atoms with Gasteiger partial charge in [0.1, 0.15) is 11.6 Å². The molecule has 3 unspecified atom stereocenters. The lowest BCUT2D eigenvalue weighted by Crippen LogP contribution is -2.55. The molecule has 0 saturated carbocycles. The second-order valence-electron chi connectivity index (χ2n) is 10.7. The third-order valence-corrected chi connectivity index (χ3v) is 7.58. The van der Waals surface area contributed by atoms with Gasteiger partial charge in [0, 0.05) is 12.0 Å². The Morgan fingerprint density at radius 2 is 1.72 bits per heavy atom. The summed E-state index contributed by atoms with van der Waals surface area (Å²) in [6, 6.07) is 12.2. The van der Waals surface area contributed by atoms with E-state index < -0.39 is 52.7 Å². The van der Waals surface area contributed by atoms with Crippen molar-refractivity contribution in [2.45, 2.75) is 57.5 Å². The molecule has 0 bridgehead atoms. The largest absolute Gasteiger partial charge is 0.467 e. The molecule has 1 N–H and O–H groups in total. The van der Waals surface area contributed by atoms with Gasteiger partial charge >= 0.3 is 11.9 Å². The van der Waals surface area contributed by atoms with Crippen LogP contribution in [0.15, 0.2) is 59.7 Å². The standard InChI is InChI=1S/C28H30N4O7/c1-16(2)23(34)39-28(18-11-7-9-13-20(18)31-25(28)32(37)27(3,4)26(31)36)14-21(24(35)38-5)30-15-29-19-12-8-6-10-17(19)22(30)33/h6-13,15-16,21,25,37H,14H2,1-5H3. The molecule has 1 saturated heterocycles. The Labute approximate surface area is 224 Å². The highest BCUT2D eigenvalue weighted by Gasteiger charge is 2.68. The van der Waals surface area contributed by atoms with Gasteiger partial charge < -0.3 is 14.7 Å². The SMILES string of the molecule is COC(=O)C(CC1(OC(=O)C(C)C)c2ccccc2N2C(=O)C(C)(C)N(O)C21)n1cnc2ccccc2c1=O. The maximum Gasteiger partial charge on any atom is 0.329 e. The number of fused-ring (bicyclic) bond motifs is 4. The van der Waals surface area contributed by atoms with Gasteiger partial charge in [-0.1, -0.05) is 44.2 Å². The van der Waals surface area contributed by atoms with Crippen molar-refractivity contribution in [3.8, 4) is 0 Å². The van der Waals surface area contributed by atoms with Crippen LogP contribution in [-0.2, 0) is 29.5 Å². The van der Waals surface area contributed by atoms with E-state index in [2.05, 4.69) is 4.98 Å². The predicted molar refractivity (Wildman–Crippen MR) is 140 cm³/mol. The van der Waals surface area contributed by atoms with Gasteiger partial charge in [0.15, 0.2) is 11.8 Å². The van der Waals surface area contributed by atoms with E-state index in [1.54, 1.807) is 76.2 Å². The smallest absolute Gasteiger partial charge is 0.329 e. The summed E-state index contributed by atoms with van der Waals surface area (Å²) in [5, 5.41) is 12.6.